The number of Topliss-reactive ketones (excluding diaryl/α,β-unsaturated/α-hetero) is 1. The molecule has 0 radical (unpaired) electrons. The van der Waals surface area contributed by atoms with Crippen LogP contribution in [0.15, 0.2) is 95.4 Å². The number of nitrogens with one attached hydrogen (secondary N) is 1. The Labute approximate surface area is 182 Å². The smallest absolute Gasteiger partial charge is 0.192 e. The number of rotatable bonds is 7. The van der Waals surface area contributed by atoms with Crippen LogP contribution in [0.25, 0.3) is 11.3 Å². The summed E-state index contributed by atoms with van der Waals surface area (Å²) in [6.45, 7) is 0. The predicted octanol–water partition coefficient (Wildman–Crippen LogP) is 5.71. The molecule has 0 saturated carbocycles. The average molecular weight is 412 g/mol. The summed E-state index contributed by atoms with van der Waals surface area (Å²) < 4.78 is 5.20. The zero-order chi connectivity index (χ0) is 21.5. The molecule has 2 aliphatic rings. The topological polar surface area (TPSA) is 63.6 Å². The largest absolute Gasteiger partial charge is 0.497 e. The predicted molar refractivity (Wildman–Crippen MR) is 125 cm³/mol. The Morgan fingerprint density at radius 3 is 2.71 bits per heavy atom. The molecule has 0 saturated heterocycles. The molecule has 2 aromatic rings. The van der Waals surface area contributed by atoms with Crippen molar-refractivity contribution in [3.05, 3.63) is 95.8 Å². The van der Waals surface area contributed by atoms with Gasteiger partial charge in [0.2, 0.25) is 0 Å². The third-order valence-electron chi connectivity index (χ3n) is 5.23. The fraction of sp³-hybridized carbons (Fsp3) is 0.192. The van der Waals surface area contributed by atoms with Gasteiger partial charge in [-0.25, -0.2) is 4.98 Å². The number of nitrogens with zero attached hydrogens (tertiary/aromatic N) is 2. The molecule has 5 heteroatoms. The number of aromatic nitrogens is 1. The van der Waals surface area contributed by atoms with E-state index in [2.05, 4.69) is 21.6 Å². The summed E-state index contributed by atoms with van der Waals surface area (Å²) in [5, 5.41) is 4.32. The molecule has 1 N–H and O–H groups in total. The van der Waals surface area contributed by atoms with Crippen molar-refractivity contribution in [1.82, 2.24) is 4.98 Å². The fourth-order valence-corrected chi connectivity index (χ4v) is 3.48. The average Bonchev–Trinajstić information content (AvgIpc) is 2.85. The summed E-state index contributed by atoms with van der Waals surface area (Å²) in [5.74, 6) is 1.84. The number of carbonyl (C=O) groups excluding carboxylic acids is 1. The van der Waals surface area contributed by atoms with Gasteiger partial charge in [0.05, 0.1) is 12.8 Å². The first-order chi connectivity index (χ1) is 15.2. The minimum absolute atomic E-state index is 0.0597. The Kier molecular flexibility index (Phi) is 6.53. The molecular weight excluding hydrogens is 386 g/mol. The molecule has 0 spiro atoms. The van der Waals surface area contributed by atoms with Crippen LogP contribution in [-0.4, -0.2) is 24.1 Å². The summed E-state index contributed by atoms with van der Waals surface area (Å²) in [4.78, 5) is 17.2. The van der Waals surface area contributed by atoms with Crippen molar-refractivity contribution >= 4 is 17.8 Å². The Hall–Kier alpha value is -3.73. The van der Waals surface area contributed by atoms with Gasteiger partial charge in [-0.3, -0.25) is 10.2 Å². The van der Waals surface area contributed by atoms with Crippen LogP contribution >= 0.6 is 0 Å². The van der Waals surface area contributed by atoms with E-state index in [0.717, 1.165) is 41.9 Å². The summed E-state index contributed by atoms with van der Waals surface area (Å²) in [5.41, 5.74) is 6.23. The number of methoxy groups -OCH3 is 1. The molecule has 2 aliphatic carbocycles. The van der Waals surface area contributed by atoms with Gasteiger partial charge in [0.15, 0.2) is 5.78 Å². The first-order valence-corrected chi connectivity index (χ1v) is 10.4. The number of ketones is 1. The highest BCUT2D eigenvalue weighted by molar-refractivity contribution is 6.10. The normalized spacial score (nSPS) is 17.9. The highest BCUT2D eigenvalue weighted by atomic mass is 16.5. The van der Waals surface area contributed by atoms with E-state index in [1.807, 2.05) is 79.1 Å². The Bertz CT molecular complexity index is 1090. The van der Waals surface area contributed by atoms with Crippen LogP contribution in [0, 0.1) is 5.92 Å². The molecule has 4 rings (SSSR count). The van der Waals surface area contributed by atoms with Crippen molar-refractivity contribution in [2.24, 2.45) is 11.0 Å². The van der Waals surface area contributed by atoms with Crippen molar-refractivity contribution in [2.45, 2.75) is 19.3 Å². The van der Waals surface area contributed by atoms with E-state index < -0.39 is 0 Å². The van der Waals surface area contributed by atoms with Crippen LogP contribution in [0.5, 0.6) is 0 Å². The van der Waals surface area contributed by atoms with E-state index >= 15 is 0 Å². The first-order valence-electron chi connectivity index (χ1n) is 10.4. The molecule has 0 fully saturated rings. The van der Waals surface area contributed by atoms with Gasteiger partial charge >= 0.3 is 0 Å². The molecule has 1 atom stereocenters. The molecule has 0 bridgehead atoms. The molecule has 0 aliphatic heterocycles. The second-order valence-electron chi connectivity index (χ2n) is 7.41. The van der Waals surface area contributed by atoms with Crippen LogP contribution in [0.3, 0.4) is 0 Å². The summed E-state index contributed by atoms with van der Waals surface area (Å²) in [7, 11) is 1.67. The van der Waals surface area contributed by atoms with Gasteiger partial charge in [-0.15, -0.1) is 0 Å². The summed E-state index contributed by atoms with van der Waals surface area (Å²) >= 11 is 0. The van der Waals surface area contributed by atoms with Gasteiger partial charge < -0.3 is 4.74 Å². The van der Waals surface area contributed by atoms with Gasteiger partial charge in [0.1, 0.15) is 11.6 Å². The Morgan fingerprint density at radius 1 is 1.13 bits per heavy atom. The van der Waals surface area contributed by atoms with E-state index in [4.69, 9.17) is 4.74 Å². The molecular formula is C26H25N3O2. The van der Waals surface area contributed by atoms with Gasteiger partial charge in [0.25, 0.3) is 0 Å². The van der Waals surface area contributed by atoms with Crippen LogP contribution in [0.2, 0.25) is 0 Å². The number of hydrogen-bond donors (Lipinski definition) is 1. The van der Waals surface area contributed by atoms with Crippen LogP contribution in [-0.2, 0) is 4.74 Å². The zero-order valence-electron chi connectivity index (χ0n) is 17.5. The monoisotopic (exact) mass is 411 g/mol. The quantitative estimate of drug-likeness (QED) is 0.360. The maximum absolute atomic E-state index is 12.6. The number of anilines is 1. The highest BCUT2D eigenvalue weighted by Gasteiger charge is 2.12. The van der Waals surface area contributed by atoms with E-state index in [1.165, 1.54) is 0 Å². The number of hydrogen-bond acceptors (Lipinski definition) is 5. The summed E-state index contributed by atoms with van der Waals surface area (Å²) in [6.07, 6.45) is 16.7. The van der Waals surface area contributed by atoms with Gasteiger partial charge in [-0.2, -0.15) is 5.10 Å². The molecule has 1 aromatic heterocycles. The third-order valence-corrected chi connectivity index (χ3v) is 5.23. The van der Waals surface area contributed by atoms with E-state index in [-0.39, 0.29) is 11.7 Å². The zero-order valence-corrected chi connectivity index (χ0v) is 17.5. The number of hydrazone groups is 1. The minimum atomic E-state index is 0.0597. The van der Waals surface area contributed by atoms with Gasteiger partial charge in [-0.05, 0) is 43.5 Å². The van der Waals surface area contributed by atoms with Crippen LogP contribution in [0.4, 0.5) is 5.82 Å². The standard InChI is InChI=1S/C26H25N3O2/c1-31-23-16-10-19(11-17-23)18-27-29-25-9-5-8-24(28-25)20-12-14-22(15-13-20)26(30)21-6-3-2-4-7-21/h3,5-10,12-19H,2,4,11H2,1H3,(H,28,29)/b27-18+. The van der Waals surface area contributed by atoms with Gasteiger partial charge in [-0.1, -0.05) is 54.6 Å². The van der Waals surface area contributed by atoms with E-state index in [1.54, 1.807) is 7.11 Å². The second-order valence-corrected chi connectivity index (χ2v) is 7.41. The van der Waals surface area contributed by atoms with Crippen LogP contribution < -0.4 is 5.43 Å². The molecule has 1 heterocycles. The van der Waals surface area contributed by atoms with E-state index in [0.29, 0.717) is 11.4 Å². The number of carbonyl (C=O) groups is 1. The molecule has 5 nitrogen and oxygen atoms in total. The van der Waals surface area contributed by atoms with Crippen molar-refractivity contribution < 1.29 is 9.53 Å². The fourth-order valence-electron chi connectivity index (χ4n) is 3.48. The SMILES string of the molecule is COC1=CCC(/C=N/Nc2cccc(-c3ccc(C(=O)C4=CCCC=C4)cc3)n2)C=C1. The van der Waals surface area contributed by atoms with Crippen molar-refractivity contribution in [2.75, 3.05) is 12.5 Å². The maximum Gasteiger partial charge on any atom is 0.192 e. The molecule has 0 amide bonds. The van der Waals surface area contributed by atoms with Gasteiger partial charge in [0, 0.05) is 28.8 Å². The third kappa shape index (κ3) is 5.25. The number of benzene rings is 1. The summed E-state index contributed by atoms with van der Waals surface area (Å²) in [6, 6.07) is 13.3. The second kappa shape index (κ2) is 9.85. The lowest BCUT2D eigenvalue weighted by molar-refractivity contribution is 0.103. The molecule has 156 valence electrons. The van der Waals surface area contributed by atoms with Crippen LogP contribution in [0.1, 0.15) is 29.6 Å². The lowest BCUT2D eigenvalue weighted by Gasteiger charge is -2.11. The van der Waals surface area contributed by atoms with E-state index in [9.17, 15) is 4.79 Å². The molecule has 31 heavy (non-hydrogen) atoms. The molecule has 1 unspecified atom stereocenters. The highest BCUT2D eigenvalue weighted by Crippen LogP contribution is 2.22. The molecule has 1 aromatic carbocycles. The minimum Gasteiger partial charge on any atom is -0.497 e. The Morgan fingerprint density at radius 2 is 2.00 bits per heavy atom. The Balaban J connectivity index is 1.40. The maximum atomic E-state index is 12.6. The lowest BCUT2D eigenvalue weighted by Crippen LogP contribution is -2.04. The lowest BCUT2D eigenvalue weighted by atomic mass is 9.97. The number of allylic oxidation sites excluding steroid dienone is 7. The number of ether oxygens (including phenoxy) is 1. The first kappa shape index (κ1) is 20.5. The van der Waals surface area contributed by atoms with Crippen molar-refractivity contribution in [3.63, 3.8) is 0 Å². The van der Waals surface area contributed by atoms with Crippen molar-refractivity contribution in [3.8, 4) is 11.3 Å². The number of pyridine rings is 1. The van der Waals surface area contributed by atoms with Crippen molar-refractivity contribution in [1.29, 1.82) is 0 Å².